The number of rotatable bonds is 15. The molecule has 5 rings (SSSR count). The minimum atomic E-state index is -4.13. The van der Waals surface area contributed by atoms with Gasteiger partial charge in [0.15, 0.2) is 18.1 Å². The Balaban J connectivity index is 1.36. The fourth-order valence-corrected chi connectivity index (χ4v) is 7.14. The lowest BCUT2D eigenvalue weighted by molar-refractivity contribution is -0.155. The molecule has 1 unspecified atom stereocenters. The molecule has 0 aliphatic carbocycles. The van der Waals surface area contributed by atoms with Crippen LogP contribution in [0.5, 0.6) is 28.9 Å². The van der Waals surface area contributed by atoms with E-state index < -0.39 is 40.7 Å². The number of carbonyl (C=O) groups is 2. The number of carboxylic acids is 1. The van der Waals surface area contributed by atoms with Crippen LogP contribution in [0.4, 0.5) is 0 Å². The second-order valence-corrected chi connectivity index (χ2v) is 13.2. The zero-order chi connectivity index (χ0) is 34.8. The van der Waals surface area contributed by atoms with Crippen molar-refractivity contribution in [3.05, 3.63) is 102 Å². The third-order valence-corrected chi connectivity index (χ3v) is 9.89. The lowest BCUT2D eigenvalue weighted by atomic mass is 10.00. The van der Waals surface area contributed by atoms with Crippen molar-refractivity contribution in [1.82, 2.24) is 9.29 Å². The van der Waals surface area contributed by atoms with E-state index in [-0.39, 0.29) is 23.7 Å². The number of esters is 1. The molecule has 0 spiro atoms. The molecule has 13 heteroatoms. The topological polar surface area (TPSA) is 151 Å². The van der Waals surface area contributed by atoms with E-state index in [9.17, 15) is 18.0 Å². The zero-order valence-electron chi connectivity index (χ0n) is 27.2. The number of hydrogen-bond donors (Lipinski definition) is 1. The lowest BCUT2D eigenvalue weighted by Crippen LogP contribution is -2.48. The van der Waals surface area contributed by atoms with Crippen molar-refractivity contribution in [2.75, 3.05) is 27.4 Å². The molecule has 1 saturated heterocycles. The number of ether oxygens (including phenoxy) is 5. The maximum atomic E-state index is 13.9. The zero-order valence-corrected chi connectivity index (χ0v) is 28.0. The van der Waals surface area contributed by atoms with Crippen LogP contribution in [-0.2, 0) is 30.8 Å². The van der Waals surface area contributed by atoms with Gasteiger partial charge in [0.05, 0.1) is 20.4 Å². The summed E-state index contributed by atoms with van der Waals surface area (Å²) >= 11 is 0. The number of nitrogens with zero attached hydrogens (tertiary/aromatic N) is 2. The Morgan fingerprint density at radius 3 is 2.41 bits per heavy atom. The highest BCUT2D eigenvalue weighted by atomic mass is 32.2. The van der Waals surface area contributed by atoms with Gasteiger partial charge in [-0.3, -0.25) is 4.79 Å². The van der Waals surface area contributed by atoms with Crippen molar-refractivity contribution < 1.29 is 46.8 Å². The summed E-state index contributed by atoms with van der Waals surface area (Å²) < 4.78 is 56.9. The maximum Gasteiger partial charge on any atom is 0.341 e. The summed E-state index contributed by atoms with van der Waals surface area (Å²) in [6.45, 7) is -0.401. The number of piperidine rings is 1. The van der Waals surface area contributed by atoms with E-state index in [1.54, 1.807) is 56.7 Å². The Labute approximate surface area is 285 Å². The first-order valence-electron chi connectivity index (χ1n) is 15.7. The number of pyridine rings is 1. The van der Waals surface area contributed by atoms with Crippen molar-refractivity contribution in [1.29, 1.82) is 0 Å². The molecular weight excluding hydrogens is 652 g/mol. The van der Waals surface area contributed by atoms with Crippen LogP contribution in [0.2, 0.25) is 0 Å². The summed E-state index contributed by atoms with van der Waals surface area (Å²) in [5.41, 5.74) is 1.46. The molecule has 4 aromatic rings. The van der Waals surface area contributed by atoms with Crippen LogP contribution in [0.15, 0.2) is 96.0 Å². The van der Waals surface area contributed by atoms with Gasteiger partial charge in [-0.15, -0.1) is 0 Å². The average Bonchev–Trinajstić information content (AvgIpc) is 3.13. The molecule has 0 radical (unpaired) electrons. The van der Waals surface area contributed by atoms with Crippen LogP contribution in [0.3, 0.4) is 0 Å². The Kier molecular flexibility index (Phi) is 11.7. The average molecular weight is 691 g/mol. The Morgan fingerprint density at radius 2 is 1.69 bits per heavy atom. The fourth-order valence-electron chi connectivity index (χ4n) is 5.55. The molecule has 2 atom stereocenters. The number of carboxylic acid groups (broad SMARTS) is 1. The van der Waals surface area contributed by atoms with E-state index in [4.69, 9.17) is 28.8 Å². The van der Waals surface area contributed by atoms with Gasteiger partial charge in [-0.25, -0.2) is 18.2 Å². The summed E-state index contributed by atoms with van der Waals surface area (Å²) in [5.74, 6) is 0.389. The molecule has 0 bridgehead atoms. The summed E-state index contributed by atoms with van der Waals surface area (Å²) in [6.07, 6.45) is 2.71. The standard InChI is InChI=1S/C36H38N2O10S/c1-44-32-18-15-25(21-33(32)45-2)14-17-31(26-9-8-12-28(22-26)46-24-35(39)40)48-36(41)30-13-6-7-20-38(30)49(42,43)29-16-19-34(37-23-29)47-27-10-4-3-5-11-27/h3-5,8-12,15-16,18-19,21-23,30-31H,6-7,13-14,17,20,24H2,1-2H3,(H,39,40)/t30?,31-/m1/s1. The first kappa shape index (κ1) is 35.2. The van der Waals surface area contributed by atoms with E-state index in [2.05, 4.69) is 4.98 Å². The number of aryl methyl sites for hydroxylation is 1. The van der Waals surface area contributed by atoms with Gasteiger partial charge in [-0.2, -0.15) is 4.31 Å². The molecule has 1 N–H and O–H groups in total. The molecule has 49 heavy (non-hydrogen) atoms. The van der Waals surface area contributed by atoms with E-state index in [0.717, 1.165) is 5.56 Å². The molecule has 1 fully saturated rings. The van der Waals surface area contributed by atoms with Gasteiger partial charge in [0.25, 0.3) is 0 Å². The van der Waals surface area contributed by atoms with Crippen LogP contribution >= 0.6 is 0 Å². The van der Waals surface area contributed by atoms with Gasteiger partial charge in [0.2, 0.25) is 15.9 Å². The van der Waals surface area contributed by atoms with Crippen molar-refractivity contribution >= 4 is 22.0 Å². The Bertz CT molecular complexity index is 1830. The monoisotopic (exact) mass is 690 g/mol. The van der Waals surface area contributed by atoms with E-state index in [0.29, 0.717) is 54.2 Å². The third-order valence-electron chi connectivity index (χ3n) is 8.00. The maximum absolute atomic E-state index is 13.9. The third kappa shape index (κ3) is 9.06. The molecule has 0 saturated carbocycles. The van der Waals surface area contributed by atoms with Gasteiger partial charge < -0.3 is 28.8 Å². The van der Waals surface area contributed by atoms with Gasteiger partial charge in [0.1, 0.15) is 28.5 Å². The number of methoxy groups -OCH3 is 2. The van der Waals surface area contributed by atoms with Crippen LogP contribution in [0.25, 0.3) is 0 Å². The van der Waals surface area contributed by atoms with Gasteiger partial charge in [-0.05, 0) is 85.7 Å². The normalized spacial score (nSPS) is 15.5. The molecule has 1 aliphatic heterocycles. The largest absolute Gasteiger partial charge is 0.493 e. The highest BCUT2D eigenvalue weighted by Crippen LogP contribution is 2.33. The van der Waals surface area contributed by atoms with Gasteiger partial charge >= 0.3 is 11.9 Å². The summed E-state index contributed by atoms with van der Waals surface area (Å²) in [4.78, 5) is 29.1. The lowest BCUT2D eigenvalue weighted by Gasteiger charge is -2.34. The summed E-state index contributed by atoms with van der Waals surface area (Å²) in [6, 6.07) is 23.0. The molecule has 258 valence electrons. The van der Waals surface area contributed by atoms with Crippen molar-refractivity contribution in [2.45, 2.75) is 49.1 Å². The summed E-state index contributed by atoms with van der Waals surface area (Å²) in [7, 11) is -1.03. The van der Waals surface area contributed by atoms with Crippen LogP contribution in [-0.4, -0.2) is 68.2 Å². The fraction of sp³-hybridized carbons (Fsp3) is 0.306. The number of sulfonamides is 1. The Morgan fingerprint density at radius 1 is 0.918 bits per heavy atom. The number of carbonyl (C=O) groups excluding carboxylic acids is 1. The van der Waals surface area contributed by atoms with E-state index in [1.165, 1.54) is 22.6 Å². The highest BCUT2D eigenvalue weighted by Gasteiger charge is 2.39. The summed E-state index contributed by atoms with van der Waals surface area (Å²) in [5, 5.41) is 9.08. The Hall–Kier alpha value is -5.14. The predicted molar refractivity (Wildman–Crippen MR) is 179 cm³/mol. The molecule has 12 nitrogen and oxygen atoms in total. The quantitative estimate of drug-likeness (QED) is 0.150. The van der Waals surface area contributed by atoms with E-state index in [1.807, 2.05) is 30.3 Å². The molecule has 1 aliphatic rings. The smallest absolute Gasteiger partial charge is 0.341 e. The number of aliphatic carboxylic acids is 1. The van der Waals surface area contributed by atoms with Crippen LogP contribution in [0.1, 0.15) is 42.9 Å². The van der Waals surface area contributed by atoms with Crippen molar-refractivity contribution in [2.24, 2.45) is 0 Å². The molecule has 3 aromatic carbocycles. The van der Waals surface area contributed by atoms with Crippen LogP contribution in [0, 0.1) is 0 Å². The SMILES string of the molecule is COc1ccc(CC[C@@H](OC(=O)C2CCCCN2S(=O)(=O)c2ccc(Oc3ccccc3)nc2)c2cccc(OCC(=O)O)c2)cc1OC. The molecule has 1 aromatic heterocycles. The van der Waals surface area contributed by atoms with Gasteiger partial charge in [0, 0.05) is 12.6 Å². The van der Waals surface area contributed by atoms with E-state index >= 15 is 0 Å². The predicted octanol–water partition coefficient (Wildman–Crippen LogP) is 5.82. The van der Waals surface area contributed by atoms with Crippen molar-refractivity contribution in [3.63, 3.8) is 0 Å². The number of benzene rings is 3. The minimum absolute atomic E-state index is 0.0686. The minimum Gasteiger partial charge on any atom is -0.493 e. The highest BCUT2D eigenvalue weighted by molar-refractivity contribution is 7.89. The van der Waals surface area contributed by atoms with Crippen LogP contribution < -0.4 is 18.9 Å². The molecule has 2 heterocycles. The number of aromatic nitrogens is 1. The number of hydrogen-bond acceptors (Lipinski definition) is 10. The molecular formula is C36H38N2O10S. The second-order valence-electron chi connectivity index (χ2n) is 11.3. The number of para-hydroxylation sites is 1. The first-order valence-corrected chi connectivity index (χ1v) is 17.2. The first-order chi connectivity index (χ1) is 23.7. The second kappa shape index (κ2) is 16.3. The molecule has 0 amide bonds. The van der Waals surface area contributed by atoms with Gasteiger partial charge in [-0.1, -0.05) is 36.4 Å². The van der Waals surface area contributed by atoms with Crippen molar-refractivity contribution in [3.8, 4) is 28.9 Å².